The highest BCUT2D eigenvalue weighted by Crippen LogP contribution is 2.27. The van der Waals surface area contributed by atoms with Gasteiger partial charge in [-0.3, -0.25) is 4.79 Å². The van der Waals surface area contributed by atoms with Crippen molar-refractivity contribution in [2.75, 3.05) is 6.61 Å². The van der Waals surface area contributed by atoms with Crippen molar-refractivity contribution in [3.05, 3.63) is 29.8 Å². The molecule has 1 atom stereocenters. The predicted molar refractivity (Wildman–Crippen MR) is 66.8 cm³/mol. The molecule has 1 rings (SSSR count). The summed E-state index contributed by atoms with van der Waals surface area (Å²) in [4.78, 5) is 10.1. The second-order valence-electron chi connectivity index (χ2n) is 3.70. The Balaban J connectivity index is 2.70. The fourth-order valence-electron chi connectivity index (χ4n) is 1.23. The Bertz CT molecular complexity index is 474. The third-order valence-electron chi connectivity index (χ3n) is 2.29. The summed E-state index contributed by atoms with van der Waals surface area (Å²) in [5.41, 5.74) is 10.3. The van der Waals surface area contributed by atoms with Crippen molar-refractivity contribution < 1.29 is 22.7 Å². The van der Waals surface area contributed by atoms with Crippen LogP contribution in [0.1, 0.15) is 10.4 Å². The van der Waals surface area contributed by atoms with Crippen LogP contribution in [0.25, 0.3) is 0 Å². The Hall–Kier alpha value is -1.83. The first kappa shape index (κ1) is 15.2. The highest BCUT2D eigenvalue weighted by atomic mass is 32.1. The third-order valence-corrected chi connectivity index (χ3v) is 2.58. The van der Waals surface area contributed by atoms with Crippen LogP contribution in [0.15, 0.2) is 24.3 Å². The number of hydrogen-bond donors (Lipinski definition) is 2. The zero-order chi connectivity index (χ0) is 14.6. The van der Waals surface area contributed by atoms with Crippen LogP contribution in [0.2, 0.25) is 0 Å². The van der Waals surface area contributed by atoms with Crippen LogP contribution in [-0.4, -0.2) is 23.7 Å². The molecule has 0 saturated carbocycles. The average molecular weight is 292 g/mol. The van der Waals surface area contributed by atoms with Crippen molar-refractivity contribution in [3.63, 3.8) is 0 Å². The molecule has 19 heavy (non-hydrogen) atoms. The van der Waals surface area contributed by atoms with E-state index in [4.69, 9.17) is 16.2 Å². The summed E-state index contributed by atoms with van der Waals surface area (Å²) in [5, 5.41) is 0. The molecule has 0 saturated heterocycles. The van der Waals surface area contributed by atoms with Gasteiger partial charge in [-0.1, -0.05) is 12.2 Å². The molecule has 0 radical (unpaired) electrons. The Morgan fingerprint density at radius 3 is 2.16 bits per heavy atom. The van der Waals surface area contributed by atoms with Crippen molar-refractivity contribution in [2.45, 2.75) is 6.18 Å². The van der Waals surface area contributed by atoms with E-state index in [2.05, 4.69) is 12.2 Å². The van der Waals surface area contributed by atoms with Crippen LogP contribution in [-0.2, 0) is 0 Å². The lowest BCUT2D eigenvalue weighted by molar-refractivity contribution is -0.161. The number of amides is 1. The number of carbonyl (C=O) groups excluding carboxylic acids is 1. The van der Waals surface area contributed by atoms with Gasteiger partial charge in [-0.15, -0.1) is 0 Å². The van der Waals surface area contributed by atoms with Crippen molar-refractivity contribution in [3.8, 4) is 5.75 Å². The summed E-state index contributed by atoms with van der Waals surface area (Å²) in [5.74, 6) is -2.49. The lowest BCUT2D eigenvalue weighted by Crippen LogP contribution is -2.38. The van der Waals surface area contributed by atoms with Crippen molar-refractivity contribution in [1.82, 2.24) is 0 Å². The molecule has 0 aromatic heterocycles. The average Bonchev–Trinajstić information content (AvgIpc) is 2.27. The SMILES string of the molecule is NC(=O)c1ccc(OCC(C(N)=S)C(F)(F)F)cc1. The minimum absolute atomic E-state index is 0.163. The Morgan fingerprint density at radius 1 is 1.26 bits per heavy atom. The summed E-state index contributed by atoms with van der Waals surface area (Å²) in [6.07, 6.45) is -4.56. The van der Waals surface area contributed by atoms with Gasteiger partial charge < -0.3 is 16.2 Å². The van der Waals surface area contributed by atoms with Gasteiger partial charge in [-0.25, -0.2) is 0 Å². The van der Waals surface area contributed by atoms with Crippen LogP contribution in [0.5, 0.6) is 5.75 Å². The molecule has 4 nitrogen and oxygen atoms in total. The largest absolute Gasteiger partial charge is 0.493 e. The van der Waals surface area contributed by atoms with Crippen LogP contribution in [0.3, 0.4) is 0 Å². The van der Waals surface area contributed by atoms with Crippen molar-refractivity contribution >= 4 is 23.1 Å². The van der Waals surface area contributed by atoms with Gasteiger partial charge >= 0.3 is 6.18 Å². The maximum atomic E-state index is 12.5. The monoisotopic (exact) mass is 292 g/mol. The molecule has 0 aliphatic rings. The van der Waals surface area contributed by atoms with Crippen LogP contribution in [0, 0.1) is 5.92 Å². The predicted octanol–water partition coefficient (Wildman–Crippen LogP) is 1.63. The van der Waals surface area contributed by atoms with E-state index in [1.807, 2.05) is 0 Å². The molecule has 1 aromatic carbocycles. The van der Waals surface area contributed by atoms with E-state index in [-0.39, 0.29) is 11.3 Å². The number of benzene rings is 1. The normalized spacial score (nSPS) is 12.8. The number of nitrogens with two attached hydrogens (primary N) is 2. The van der Waals surface area contributed by atoms with Crippen LogP contribution in [0.4, 0.5) is 13.2 Å². The number of ether oxygens (including phenoxy) is 1. The number of primary amides is 1. The van der Waals surface area contributed by atoms with E-state index < -0.39 is 29.6 Å². The third kappa shape index (κ3) is 4.40. The standard InChI is InChI=1S/C11H11F3N2O2S/c12-11(13,14)8(10(16)19)5-18-7-3-1-6(2-4-7)9(15)17/h1-4,8H,5H2,(H2,15,17)(H2,16,19). The first-order valence-corrected chi connectivity index (χ1v) is 5.51. The van der Waals surface area contributed by atoms with Gasteiger partial charge in [-0.05, 0) is 24.3 Å². The number of halogens is 3. The number of hydrogen-bond acceptors (Lipinski definition) is 3. The molecule has 0 heterocycles. The van der Waals surface area contributed by atoms with E-state index >= 15 is 0 Å². The van der Waals surface area contributed by atoms with Gasteiger partial charge in [0, 0.05) is 5.56 Å². The molecule has 1 amide bonds. The highest BCUT2D eigenvalue weighted by Gasteiger charge is 2.42. The molecule has 1 aromatic rings. The summed E-state index contributed by atoms with van der Waals surface area (Å²) in [6.45, 7) is -0.714. The summed E-state index contributed by atoms with van der Waals surface area (Å²) in [7, 11) is 0. The molecule has 0 bridgehead atoms. The molecule has 1 unspecified atom stereocenters. The molecule has 0 aliphatic carbocycles. The first-order valence-electron chi connectivity index (χ1n) is 5.10. The Kier molecular flexibility index (Phi) is 4.71. The van der Waals surface area contributed by atoms with Crippen molar-refractivity contribution in [1.29, 1.82) is 0 Å². The van der Waals surface area contributed by atoms with Gasteiger partial charge in [-0.2, -0.15) is 13.2 Å². The van der Waals surface area contributed by atoms with Crippen LogP contribution >= 0.6 is 12.2 Å². The number of alkyl halides is 3. The molecular formula is C11H11F3N2O2S. The van der Waals surface area contributed by atoms with Gasteiger partial charge in [0.25, 0.3) is 0 Å². The van der Waals surface area contributed by atoms with E-state index in [0.29, 0.717) is 0 Å². The van der Waals surface area contributed by atoms with Crippen molar-refractivity contribution in [2.24, 2.45) is 17.4 Å². The van der Waals surface area contributed by atoms with E-state index in [9.17, 15) is 18.0 Å². The summed E-state index contributed by atoms with van der Waals surface area (Å²) in [6, 6.07) is 5.38. The molecule has 8 heteroatoms. The minimum Gasteiger partial charge on any atom is -0.493 e. The zero-order valence-corrected chi connectivity index (χ0v) is 10.4. The second kappa shape index (κ2) is 5.87. The lowest BCUT2D eigenvalue weighted by atomic mass is 10.1. The van der Waals surface area contributed by atoms with Gasteiger partial charge in [0.15, 0.2) is 0 Å². The smallest absolute Gasteiger partial charge is 0.401 e. The van der Waals surface area contributed by atoms with Gasteiger partial charge in [0.2, 0.25) is 5.91 Å². The Labute approximate surface area is 112 Å². The molecule has 0 spiro atoms. The van der Waals surface area contributed by atoms with Gasteiger partial charge in [0.05, 0.1) is 4.99 Å². The first-order chi connectivity index (χ1) is 8.71. The quantitative estimate of drug-likeness (QED) is 0.809. The fourth-order valence-corrected chi connectivity index (χ4v) is 1.43. The highest BCUT2D eigenvalue weighted by molar-refractivity contribution is 7.80. The van der Waals surface area contributed by atoms with Gasteiger partial charge in [0.1, 0.15) is 18.3 Å². The lowest BCUT2D eigenvalue weighted by Gasteiger charge is -2.19. The van der Waals surface area contributed by atoms with E-state index in [1.165, 1.54) is 24.3 Å². The van der Waals surface area contributed by atoms with E-state index in [1.54, 1.807) is 0 Å². The maximum Gasteiger partial charge on any atom is 0.401 e. The van der Waals surface area contributed by atoms with Crippen LogP contribution < -0.4 is 16.2 Å². The number of carbonyl (C=O) groups is 1. The molecule has 0 fully saturated rings. The van der Waals surface area contributed by atoms with E-state index in [0.717, 1.165) is 0 Å². The Morgan fingerprint density at radius 2 is 1.79 bits per heavy atom. The number of thiocarbonyl (C=S) groups is 1. The summed E-state index contributed by atoms with van der Waals surface area (Å²) < 4.78 is 42.6. The second-order valence-corrected chi connectivity index (χ2v) is 4.17. The fraction of sp³-hybridized carbons (Fsp3) is 0.273. The minimum atomic E-state index is -4.56. The zero-order valence-electron chi connectivity index (χ0n) is 9.61. The molecular weight excluding hydrogens is 281 g/mol. The topological polar surface area (TPSA) is 78.3 Å². The molecule has 104 valence electrons. The number of rotatable bonds is 5. The maximum absolute atomic E-state index is 12.5. The summed E-state index contributed by atoms with van der Waals surface area (Å²) >= 11 is 4.35. The molecule has 4 N–H and O–H groups in total. The molecule has 0 aliphatic heterocycles.